The molecule has 1 nitrogen and oxygen atoms in total. The summed E-state index contributed by atoms with van der Waals surface area (Å²) in [5.41, 5.74) is 1.24. The van der Waals surface area contributed by atoms with Crippen molar-refractivity contribution in [3.63, 3.8) is 0 Å². The zero-order valence-electron chi connectivity index (χ0n) is 11.8. The molecule has 21 heavy (non-hydrogen) atoms. The van der Waals surface area contributed by atoms with Crippen LogP contribution in [0, 0.1) is 5.92 Å². The second-order valence-electron chi connectivity index (χ2n) is 5.67. The minimum Gasteiger partial charge on any atom is -0.305 e. The number of rotatable bonds is 5. The third-order valence-electron chi connectivity index (χ3n) is 4.23. The van der Waals surface area contributed by atoms with Crippen molar-refractivity contribution in [1.82, 2.24) is 5.32 Å². The zero-order valence-corrected chi connectivity index (χ0v) is 15.0. The van der Waals surface area contributed by atoms with Crippen molar-refractivity contribution in [3.05, 3.63) is 55.6 Å². The lowest BCUT2D eigenvalue weighted by Crippen LogP contribution is -2.26. The highest BCUT2D eigenvalue weighted by Gasteiger charge is 2.26. The van der Waals surface area contributed by atoms with Crippen LogP contribution in [0.5, 0.6) is 0 Å². The molecule has 112 valence electrons. The first kappa shape index (κ1) is 15.5. The monoisotopic (exact) mass is 383 g/mol. The maximum absolute atomic E-state index is 6.18. The Kier molecular flexibility index (Phi) is 5.38. The first-order valence-electron chi connectivity index (χ1n) is 7.45. The van der Waals surface area contributed by atoms with Crippen LogP contribution in [0.25, 0.3) is 0 Å². The van der Waals surface area contributed by atoms with Crippen LogP contribution in [0.4, 0.5) is 0 Å². The van der Waals surface area contributed by atoms with E-state index in [4.69, 9.17) is 11.6 Å². The smallest absolute Gasteiger partial charge is 0.0551 e. The van der Waals surface area contributed by atoms with Crippen molar-refractivity contribution in [2.75, 3.05) is 0 Å². The summed E-state index contributed by atoms with van der Waals surface area (Å²) in [5.74, 6) is 0.773. The van der Waals surface area contributed by atoms with E-state index in [0.29, 0.717) is 6.04 Å². The van der Waals surface area contributed by atoms with Gasteiger partial charge in [-0.15, -0.1) is 11.3 Å². The normalized spacial score (nSPS) is 17.2. The van der Waals surface area contributed by atoms with E-state index < -0.39 is 0 Å². The highest BCUT2D eigenvalue weighted by atomic mass is 79.9. The fourth-order valence-electron chi connectivity index (χ4n) is 3.14. The van der Waals surface area contributed by atoms with E-state index in [2.05, 4.69) is 44.8 Å². The summed E-state index contributed by atoms with van der Waals surface area (Å²) in [7, 11) is 0. The molecule has 1 atom stereocenters. The van der Waals surface area contributed by atoms with E-state index in [1.165, 1.54) is 36.1 Å². The lowest BCUT2D eigenvalue weighted by atomic mass is 9.96. The molecule has 0 radical (unpaired) electrons. The summed E-state index contributed by atoms with van der Waals surface area (Å²) in [6.07, 6.45) is 5.43. The topological polar surface area (TPSA) is 12.0 Å². The Balaban J connectivity index is 1.71. The van der Waals surface area contributed by atoms with E-state index in [0.717, 1.165) is 22.0 Å². The second kappa shape index (κ2) is 7.28. The molecule has 0 aliphatic heterocycles. The number of hydrogen-bond acceptors (Lipinski definition) is 2. The van der Waals surface area contributed by atoms with Crippen LogP contribution in [-0.2, 0) is 6.54 Å². The van der Waals surface area contributed by atoms with Gasteiger partial charge in [-0.05, 0) is 63.8 Å². The van der Waals surface area contributed by atoms with Crippen molar-refractivity contribution in [1.29, 1.82) is 0 Å². The molecule has 3 rings (SSSR count). The average Bonchev–Trinajstić information content (AvgIpc) is 3.16. The molecule has 0 spiro atoms. The molecule has 4 heteroatoms. The molecule has 1 aliphatic rings. The number of benzene rings is 1. The summed E-state index contributed by atoms with van der Waals surface area (Å²) >= 11 is 11.5. The Labute approximate surface area is 143 Å². The molecule has 1 unspecified atom stereocenters. The van der Waals surface area contributed by atoms with Gasteiger partial charge in [-0.1, -0.05) is 36.6 Å². The summed E-state index contributed by atoms with van der Waals surface area (Å²) in [5, 5.41) is 6.72. The van der Waals surface area contributed by atoms with E-state index in [9.17, 15) is 0 Å². The lowest BCUT2D eigenvalue weighted by molar-refractivity contribution is 0.371. The molecule has 1 aromatic heterocycles. The third-order valence-corrected chi connectivity index (χ3v) is 6.42. The predicted octanol–water partition coefficient (Wildman–Crippen LogP) is 6.19. The number of hydrogen-bond donors (Lipinski definition) is 1. The van der Waals surface area contributed by atoms with Gasteiger partial charge in [0, 0.05) is 21.9 Å². The number of nitrogens with one attached hydrogen (secondary N) is 1. The quantitative estimate of drug-likeness (QED) is 0.648. The van der Waals surface area contributed by atoms with Crippen LogP contribution in [0.1, 0.15) is 42.2 Å². The van der Waals surface area contributed by atoms with Gasteiger partial charge in [0.25, 0.3) is 0 Å². The Bertz CT molecular complexity index is 578. The fourth-order valence-corrected chi connectivity index (χ4v) is 4.48. The van der Waals surface area contributed by atoms with Gasteiger partial charge < -0.3 is 5.32 Å². The van der Waals surface area contributed by atoms with Crippen LogP contribution >= 0.6 is 38.9 Å². The molecule has 1 aliphatic carbocycles. The molecule has 1 aromatic carbocycles. The third kappa shape index (κ3) is 3.89. The van der Waals surface area contributed by atoms with E-state index in [-0.39, 0.29) is 0 Å². The van der Waals surface area contributed by atoms with Crippen LogP contribution in [0.2, 0.25) is 5.02 Å². The summed E-state index contributed by atoms with van der Waals surface area (Å²) in [6.45, 7) is 0.867. The largest absolute Gasteiger partial charge is 0.305 e. The first-order chi connectivity index (χ1) is 10.2. The van der Waals surface area contributed by atoms with Gasteiger partial charge in [0.05, 0.1) is 5.02 Å². The molecule has 1 saturated carbocycles. The van der Waals surface area contributed by atoms with E-state index in [1.54, 1.807) is 0 Å². The molecular formula is C17H19BrClNS. The number of thiophene rings is 1. The molecule has 0 bridgehead atoms. The first-order valence-corrected chi connectivity index (χ1v) is 9.50. The average molecular weight is 385 g/mol. The molecule has 2 aromatic rings. The number of halogens is 2. The van der Waals surface area contributed by atoms with Crippen molar-refractivity contribution >= 4 is 38.9 Å². The van der Waals surface area contributed by atoms with Gasteiger partial charge in [-0.25, -0.2) is 0 Å². The minimum atomic E-state index is 0.481. The van der Waals surface area contributed by atoms with Crippen molar-refractivity contribution in [2.45, 2.75) is 38.3 Å². The highest BCUT2D eigenvalue weighted by Crippen LogP contribution is 2.37. The van der Waals surface area contributed by atoms with Crippen molar-refractivity contribution < 1.29 is 0 Å². The Morgan fingerprint density at radius 1 is 1.29 bits per heavy atom. The van der Waals surface area contributed by atoms with Crippen LogP contribution in [-0.4, -0.2) is 0 Å². The lowest BCUT2D eigenvalue weighted by Gasteiger charge is -2.24. The molecule has 1 heterocycles. The minimum absolute atomic E-state index is 0.481. The molecule has 0 amide bonds. The summed E-state index contributed by atoms with van der Waals surface area (Å²) < 4.78 is 0.957. The Morgan fingerprint density at radius 3 is 2.76 bits per heavy atom. The van der Waals surface area contributed by atoms with Gasteiger partial charge in [0.1, 0.15) is 0 Å². The summed E-state index contributed by atoms with van der Waals surface area (Å²) in [4.78, 5) is 1.46. The second-order valence-corrected chi connectivity index (χ2v) is 7.91. The zero-order chi connectivity index (χ0) is 14.7. The van der Waals surface area contributed by atoms with Crippen LogP contribution < -0.4 is 5.32 Å². The van der Waals surface area contributed by atoms with Crippen molar-refractivity contribution in [2.24, 2.45) is 5.92 Å². The Morgan fingerprint density at radius 2 is 2.10 bits per heavy atom. The maximum Gasteiger partial charge on any atom is 0.0551 e. The van der Waals surface area contributed by atoms with Gasteiger partial charge in [0.2, 0.25) is 0 Å². The maximum atomic E-state index is 6.18. The Hall–Kier alpha value is -0.350. The van der Waals surface area contributed by atoms with Crippen molar-refractivity contribution in [3.8, 4) is 0 Å². The SMILES string of the molecule is Clc1cc(CNC(c2cccs2)C2CCCC2)ccc1Br. The van der Waals surface area contributed by atoms with Gasteiger partial charge in [-0.2, -0.15) is 0 Å². The predicted molar refractivity (Wildman–Crippen MR) is 95.0 cm³/mol. The molecule has 0 saturated heterocycles. The van der Waals surface area contributed by atoms with Crippen LogP contribution in [0.15, 0.2) is 40.2 Å². The molecule has 1 fully saturated rings. The van der Waals surface area contributed by atoms with Gasteiger partial charge in [-0.3, -0.25) is 0 Å². The molecule has 1 N–H and O–H groups in total. The van der Waals surface area contributed by atoms with Gasteiger partial charge >= 0.3 is 0 Å². The van der Waals surface area contributed by atoms with Crippen LogP contribution in [0.3, 0.4) is 0 Å². The van der Waals surface area contributed by atoms with E-state index in [1.807, 2.05) is 23.5 Å². The highest BCUT2D eigenvalue weighted by molar-refractivity contribution is 9.10. The standard InChI is InChI=1S/C17H19BrClNS/c18-14-8-7-12(10-15(14)19)11-20-17(13-4-1-2-5-13)16-6-3-9-21-16/h3,6-10,13,17,20H,1-2,4-5,11H2. The van der Waals surface area contributed by atoms with Gasteiger partial charge in [0.15, 0.2) is 0 Å². The fraction of sp³-hybridized carbons (Fsp3) is 0.412. The molecular weight excluding hydrogens is 366 g/mol. The summed E-state index contributed by atoms with van der Waals surface area (Å²) in [6, 6.07) is 11.1. The van der Waals surface area contributed by atoms with E-state index >= 15 is 0 Å².